The Morgan fingerprint density at radius 1 is 1.42 bits per heavy atom. The van der Waals surface area contributed by atoms with E-state index < -0.39 is 11.9 Å². The second kappa shape index (κ2) is 5.16. The van der Waals surface area contributed by atoms with Gasteiger partial charge in [0.1, 0.15) is 4.88 Å². The molecule has 1 saturated heterocycles. The third kappa shape index (κ3) is 2.56. The SMILES string of the molecule is Cc1c(C(=O)N2CCCC(C(=O)O)C2)sc(=O)n1C. The molecule has 7 heteroatoms. The molecular formula is C12H16N2O4S. The van der Waals surface area contributed by atoms with Gasteiger partial charge in [0.05, 0.1) is 5.92 Å². The average Bonchev–Trinajstić information content (AvgIpc) is 2.66. The minimum Gasteiger partial charge on any atom is -0.481 e. The lowest BCUT2D eigenvalue weighted by Crippen LogP contribution is -2.42. The van der Waals surface area contributed by atoms with Gasteiger partial charge in [-0.05, 0) is 19.8 Å². The number of hydrogen-bond acceptors (Lipinski definition) is 4. The molecule has 1 aromatic rings. The molecule has 1 amide bonds. The normalized spacial score (nSPS) is 19.5. The fourth-order valence-corrected chi connectivity index (χ4v) is 3.17. The maximum atomic E-state index is 12.3. The summed E-state index contributed by atoms with van der Waals surface area (Å²) in [4.78, 5) is 36.7. The van der Waals surface area contributed by atoms with Crippen molar-refractivity contribution in [2.45, 2.75) is 19.8 Å². The molecule has 0 saturated carbocycles. The standard InChI is InChI=1S/C12H16N2O4S/c1-7-9(19-12(18)13(7)2)10(15)14-5-3-4-8(6-14)11(16)17/h8H,3-6H2,1-2H3,(H,16,17). The van der Waals surface area contributed by atoms with Gasteiger partial charge in [-0.15, -0.1) is 0 Å². The first-order chi connectivity index (χ1) is 8.91. The second-order valence-corrected chi connectivity index (χ2v) is 5.73. The minimum atomic E-state index is -0.865. The van der Waals surface area contributed by atoms with Gasteiger partial charge in [-0.1, -0.05) is 11.3 Å². The number of rotatable bonds is 2. The number of thiazole rings is 1. The van der Waals surface area contributed by atoms with E-state index in [-0.39, 0.29) is 17.3 Å². The van der Waals surface area contributed by atoms with Crippen molar-refractivity contribution in [3.63, 3.8) is 0 Å². The molecule has 1 aliphatic heterocycles. The van der Waals surface area contributed by atoms with E-state index in [1.807, 2.05) is 0 Å². The zero-order valence-electron chi connectivity index (χ0n) is 10.9. The Bertz CT molecular complexity index is 575. The predicted octanol–water partition coefficient (Wildman–Crippen LogP) is 0.692. The molecule has 0 radical (unpaired) electrons. The van der Waals surface area contributed by atoms with Gasteiger partial charge in [-0.25, -0.2) is 0 Å². The van der Waals surface area contributed by atoms with Crippen molar-refractivity contribution in [3.8, 4) is 0 Å². The molecule has 2 rings (SSSR count). The fourth-order valence-electron chi connectivity index (χ4n) is 2.22. The lowest BCUT2D eigenvalue weighted by Gasteiger charge is -2.30. The first-order valence-electron chi connectivity index (χ1n) is 6.10. The van der Waals surface area contributed by atoms with Crippen molar-refractivity contribution < 1.29 is 14.7 Å². The molecule has 0 aliphatic carbocycles. The molecule has 0 aromatic carbocycles. The highest BCUT2D eigenvalue weighted by Crippen LogP contribution is 2.21. The van der Waals surface area contributed by atoms with Crippen molar-refractivity contribution in [2.24, 2.45) is 13.0 Å². The summed E-state index contributed by atoms with van der Waals surface area (Å²) in [6.07, 6.45) is 1.28. The van der Waals surface area contributed by atoms with Gasteiger partial charge >= 0.3 is 10.8 Å². The molecule has 19 heavy (non-hydrogen) atoms. The molecular weight excluding hydrogens is 268 g/mol. The van der Waals surface area contributed by atoms with Crippen LogP contribution in [0.5, 0.6) is 0 Å². The number of carbonyl (C=O) groups is 2. The van der Waals surface area contributed by atoms with Crippen LogP contribution < -0.4 is 4.87 Å². The Hall–Kier alpha value is -1.63. The number of aromatic nitrogens is 1. The summed E-state index contributed by atoms with van der Waals surface area (Å²) in [7, 11) is 1.63. The molecule has 104 valence electrons. The number of piperidine rings is 1. The highest BCUT2D eigenvalue weighted by atomic mass is 32.1. The smallest absolute Gasteiger partial charge is 0.308 e. The van der Waals surface area contributed by atoms with Crippen LogP contribution in [0.15, 0.2) is 4.79 Å². The predicted molar refractivity (Wildman–Crippen MR) is 70.6 cm³/mol. The van der Waals surface area contributed by atoms with Gasteiger partial charge < -0.3 is 14.6 Å². The summed E-state index contributed by atoms with van der Waals surface area (Å²) >= 11 is 0.921. The van der Waals surface area contributed by atoms with Crippen LogP contribution in [0.4, 0.5) is 0 Å². The van der Waals surface area contributed by atoms with Crippen LogP contribution in [-0.4, -0.2) is 39.5 Å². The topological polar surface area (TPSA) is 79.6 Å². The third-order valence-electron chi connectivity index (χ3n) is 3.55. The molecule has 1 aliphatic rings. The molecule has 1 unspecified atom stereocenters. The molecule has 6 nitrogen and oxygen atoms in total. The Labute approximate surface area is 114 Å². The molecule has 0 bridgehead atoms. The number of carboxylic acid groups (broad SMARTS) is 1. The Kier molecular flexibility index (Phi) is 3.75. The van der Waals surface area contributed by atoms with E-state index in [0.29, 0.717) is 30.0 Å². The third-order valence-corrected chi connectivity index (χ3v) is 4.67. The van der Waals surface area contributed by atoms with E-state index in [1.54, 1.807) is 18.9 Å². The van der Waals surface area contributed by atoms with Crippen LogP contribution in [0.25, 0.3) is 0 Å². The summed E-state index contributed by atoms with van der Waals surface area (Å²) in [5, 5.41) is 9.02. The molecule has 1 fully saturated rings. The fraction of sp³-hybridized carbons (Fsp3) is 0.583. The number of aliphatic carboxylic acids is 1. The first-order valence-corrected chi connectivity index (χ1v) is 6.92. The number of amides is 1. The summed E-state index contributed by atoms with van der Waals surface area (Å²) in [6, 6.07) is 0. The van der Waals surface area contributed by atoms with Gasteiger partial charge in [0.15, 0.2) is 0 Å². The van der Waals surface area contributed by atoms with Crippen molar-refractivity contribution in [2.75, 3.05) is 13.1 Å². The summed E-state index contributed by atoms with van der Waals surface area (Å²) in [5.41, 5.74) is 0.637. The molecule has 2 heterocycles. The van der Waals surface area contributed by atoms with Crippen molar-refractivity contribution in [3.05, 3.63) is 20.2 Å². The number of carbonyl (C=O) groups excluding carboxylic acids is 1. The van der Waals surface area contributed by atoms with E-state index >= 15 is 0 Å². The Morgan fingerprint density at radius 2 is 2.11 bits per heavy atom. The Morgan fingerprint density at radius 3 is 2.63 bits per heavy atom. The lowest BCUT2D eigenvalue weighted by atomic mass is 9.98. The average molecular weight is 284 g/mol. The van der Waals surface area contributed by atoms with Crippen LogP contribution in [0, 0.1) is 12.8 Å². The van der Waals surface area contributed by atoms with E-state index in [2.05, 4.69) is 0 Å². The maximum absolute atomic E-state index is 12.3. The minimum absolute atomic E-state index is 0.173. The van der Waals surface area contributed by atoms with E-state index in [0.717, 1.165) is 11.3 Å². The van der Waals surface area contributed by atoms with Gasteiger partial charge in [0.25, 0.3) is 5.91 Å². The van der Waals surface area contributed by atoms with E-state index in [9.17, 15) is 14.4 Å². The van der Waals surface area contributed by atoms with Crippen molar-refractivity contribution in [1.29, 1.82) is 0 Å². The highest BCUT2D eigenvalue weighted by Gasteiger charge is 2.30. The molecule has 1 N–H and O–H groups in total. The monoisotopic (exact) mass is 284 g/mol. The number of likely N-dealkylation sites (tertiary alicyclic amines) is 1. The lowest BCUT2D eigenvalue weighted by molar-refractivity contribution is -0.143. The van der Waals surface area contributed by atoms with Crippen LogP contribution >= 0.6 is 11.3 Å². The number of hydrogen-bond donors (Lipinski definition) is 1. The van der Waals surface area contributed by atoms with Crippen LogP contribution in [0.3, 0.4) is 0 Å². The quantitative estimate of drug-likeness (QED) is 0.866. The van der Waals surface area contributed by atoms with Crippen LogP contribution in [0.1, 0.15) is 28.2 Å². The summed E-state index contributed by atoms with van der Waals surface area (Å²) < 4.78 is 1.44. The van der Waals surface area contributed by atoms with Gasteiger partial charge in [0.2, 0.25) is 0 Å². The van der Waals surface area contributed by atoms with Gasteiger partial charge in [0, 0.05) is 25.8 Å². The molecule has 0 spiro atoms. The number of nitrogens with zero attached hydrogens (tertiary/aromatic N) is 2. The zero-order valence-corrected chi connectivity index (χ0v) is 11.7. The summed E-state index contributed by atoms with van der Waals surface area (Å²) in [5.74, 6) is -1.60. The largest absolute Gasteiger partial charge is 0.481 e. The number of carboxylic acids is 1. The Balaban J connectivity index is 2.22. The van der Waals surface area contributed by atoms with Crippen molar-refractivity contribution in [1.82, 2.24) is 9.47 Å². The van der Waals surface area contributed by atoms with Crippen LogP contribution in [0.2, 0.25) is 0 Å². The second-order valence-electron chi connectivity index (χ2n) is 4.77. The van der Waals surface area contributed by atoms with Crippen molar-refractivity contribution >= 4 is 23.2 Å². The molecule has 1 aromatic heterocycles. The van der Waals surface area contributed by atoms with Crippen LogP contribution in [-0.2, 0) is 11.8 Å². The maximum Gasteiger partial charge on any atom is 0.308 e. The van der Waals surface area contributed by atoms with Gasteiger partial charge in [-0.2, -0.15) is 0 Å². The van der Waals surface area contributed by atoms with E-state index in [4.69, 9.17) is 5.11 Å². The van der Waals surface area contributed by atoms with E-state index in [1.165, 1.54) is 4.57 Å². The zero-order chi connectivity index (χ0) is 14.2. The molecule has 1 atom stereocenters. The summed E-state index contributed by atoms with van der Waals surface area (Å²) in [6.45, 7) is 2.50. The highest BCUT2D eigenvalue weighted by molar-refractivity contribution is 7.11. The van der Waals surface area contributed by atoms with Gasteiger partial charge in [-0.3, -0.25) is 14.4 Å². The first kappa shape index (κ1) is 13.8.